The average Bonchev–Trinajstić information content (AvgIpc) is 3.23. The number of carbonyl (C=O) groups excluding carboxylic acids is 1. The minimum Gasteiger partial charge on any atom is -0.378 e. The van der Waals surface area contributed by atoms with Crippen LogP contribution >= 0.6 is 11.3 Å². The van der Waals surface area contributed by atoms with Crippen LogP contribution in [0.5, 0.6) is 0 Å². The van der Waals surface area contributed by atoms with Crippen LogP contribution < -0.4 is 4.90 Å². The van der Waals surface area contributed by atoms with Crippen LogP contribution in [0.15, 0.2) is 11.6 Å². The molecule has 2 aliphatic rings. The minimum atomic E-state index is 0.0457. The summed E-state index contributed by atoms with van der Waals surface area (Å²) in [6.45, 7) is 3.91. The fraction of sp³-hybridized carbons (Fsp3) is 0.750. The van der Waals surface area contributed by atoms with Crippen molar-refractivity contribution >= 4 is 22.4 Å². The Labute approximate surface area is 141 Å². The summed E-state index contributed by atoms with van der Waals surface area (Å²) < 4.78 is 11.4. The number of nitrogens with zero attached hydrogens (tertiary/aromatic N) is 3. The maximum Gasteiger partial charge on any atom is 0.228 e. The Morgan fingerprint density at radius 3 is 3.00 bits per heavy atom. The molecule has 2 aliphatic heterocycles. The van der Waals surface area contributed by atoms with Gasteiger partial charge in [-0.05, 0) is 26.3 Å². The first kappa shape index (κ1) is 16.8. The zero-order chi connectivity index (χ0) is 16.1. The highest BCUT2D eigenvalue weighted by Crippen LogP contribution is 2.22. The van der Waals surface area contributed by atoms with Gasteiger partial charge in [0.2, 0.25) is 5.91 Å². The van der Waals surface area contributed by atoms with Crippen LogP contribution in [0.4, 0.5) is 5.13 Å². The second kappa shape index (κ2) is 8.19. The van der Waals surface area contributed by atoms with Crippen molar-refractivity contribution in [2.75, 3.05) is 44.8 Å². The Balaban J connectivity index is 1.59. The van der Waals surface area contributed by atoms with E-state index in [-0.39, 0.29) is 18.1 Å². The topological polar surface area (TPSA) is 54.9 Å². The largest absolute Gasteiger partial charge is 0.378 e. The van der Waals surface area contributed by atoms with Gasteiger partial charge in [-0.2, -0.15) is 0 Å². The molecule has 0 saturated carbocycles. The van der Waals surface area contributed by atoms with Crippen LogP contribution in [-0.4, -0.2) is 67.9 Å². The molecule has 3 heterocycles. The van der Waals surface area contributed by atoms with Crippen LogP contribution in [0.3, 0.4) is 0 Å². The lowest BCUT2D eigenvalue weighted by Gasteiger charge is -2.33. The van der Waals surface area contributed by atoms with Crippen molar-refractivity contribution in [3.63, 3.8) is 0 Å². The zero-order valence-electron chi connectivity index (χ0n) is 13.6. The van der Waals surface area contributed by atoms with Gasteiger partial charge in [0.15, 0.2) is 5.13 Å². The average molecular weight is 339 g/mol. The highest BCUT2D eigenvalue weighted by molar-refractivity contribution is 7.13. The number of anilines is 1. The number of likely N-dealkylation sites (N-methyl/N-ethyl adjacent to an activating group) is 1. The second-order valence-electron chi connectivity index (χ2n) is 6.25. The van der Waals surface area contributed by atoms with E-state index in [1.165, 1.54) is 11.3 Å². The van der Waals surface area contributed by atoms with Crippen LogP contribution in [0.2, 0.25) is 0 Å². The summed E-state index contributed by atoms with van der Waals surface area (Å²) in [5.41, 5.74) is 0. The molecule has 7 heteroatoms. The Morgan fingerprint density at radius 2 is 2.30 bits per heavy atom. The van der Waals surface area contributed by atoms with Crippen molar-refractivity contribution in [3.05, 3.63) is 11.6 Å². The normalized spacial score (nSPS) is 25.6. The standard InChI is InChI=1S/C16H25N3O3S/c1-18-7-9-22-14(11-18)12-19(16-17-6-10-23-16)15(20)5-4-13-3-2-8-21-13/h6,10,13-14H,2-5,7-9,11-12H2,1H3. The Kier molecular flexibility index (Phi) is 5.99. The number of hydrogen-bond donors (Lipinski definition) is 0. The van der Waals surface area contributed by atoms with Crippen LogP contribution in [0, 0.1) is 0 Å². The van der Waals surface area contributed by atoms with Gasteiger partial charge in [0.25, 0.3) is 0 Å². The van der Waals surface area contributed by atoms with E-state index in [1.807, 2.05) is 5.38 Å². The third-order valence-corrected chi connectivity index (χ3v) is 5.18. The summed E-state index contributed by atoms with van der Waals surface area (Å²) in [7, 11) is 2.09. The molecule has 0 aliphatic carbocycles. The first-order valence-corrected chi connectivity index (χ1v) is 9.22. The van der Waals surface area contributed by atoms with Crippen molar-refractivity contribution in [2.24, 2.45) is 0 Å². The van der Waals surface area contributed by atoms with Crippen molar-refractivity contribution in [2.45, 2.75) is 37.9 Å². The molecule has 1 aromatic rings. The molecule has 0 radical (unpaired) electrons. The Hall–Kier alpha value is -1.02. The number of amides is 1. The lowest BCUT2D eigenvalue weighted by atomic mass is 10.1. The molecule has 0 aromatic carbocycles. The van der Waals surface area contributed by atoms with E-state index < -0.39 is 0 Å². The highest BCUT2D eigenvalue weighted by Gasteiger charge is 2.27. The number of ether oxygens (including phenoxy) is 2. The Bertz CT molecular complexity index is 491. The number of thiazole rings is 1. The SMILES string of the molecule is CN1CCOC(CN(C(=O)CCC2CCCO2)c2nccs2)C1. The molecule has 23 heavy (non-hydrogen) atoms. The van der Waals surface area contributed by atoms with Crippen LogP contribution in [0.25, 0.3) is 0 Å². The molecule has 2 fully saturated rings. The van der Waals surface area contributed by atoms with Gasteiger partial charge in [-0.15, -0.1) is 11.3 Å². The Morgan fingerprint density at radius 1 is 1.43 bits per heavy atom. The number of morpholine rings is 1. The molecule has 2 unspecified atom stereocenters. The van der Waals surface area contributed by atoms with E-state index in [9.17, 15) is 4.79 Å². The van der Waals surface area contributed by atoms with E-state index in [2.05, 4.69) is 16.9 Å². The summed E-state index contributed by atoms with van der Waals surface area (Å²) in [6, 6.07) is 0. The van der Waals surface area contributed by atoms with Gasteiger partial charge in [0, 0.05) is 37.7 Å². The predicted octanol–water partition coefficient (Wildman–Crippen LogP) is 1.77. The van der Waals surface area contributed by atoms with Gasteiger partial charge in [0.1, 0.15) is 0 Å². The number of hydrogen-bond acceptors (Lipinski definition) is 6. The molecule has 1 aromatic heterocycles. The minimum absolute atomic E-state index is 0.0457. The predicted molar refractivity (Wildman–Crippen MR) is 89.9 cm³/mol. The van der Waals surface area contributed by atoms with E-state index in [0.717, 1.165) is 50.7 Å². The van der Waals surface area contributed by atoms with Gasteiger partial charge < -0.3 is 14.4 Å². The molecule has 0 N–H and O–H groups in total. The number of carbonyl (C=O) groups is 1. The number of rotatable bonds is 6. The monoisotopic (exact) mass is 339 g/mol. The van der Waals surface area contributed by atoms with Crippen molar-refractivity contribution in [1.82, 2.24) is 9.88 Å². The molecule has 6 nitrogen and oxygen atoms in total. The van der Waals surface area contributed by atoms with Crippen molar-refractivity contribution in [1.29, 1.82) is 0 Å². The van der Waals surface area contributed by atoms with Gasteiger partial charge in [-0.25, -0.2) is 4.98 Å². The van der Waals surface area contributed by atoms with E-state index in [0.29, 0.717) is 13.0 Å². The fourth-order valence-electron chi connectivity index (χ4n) is 3.11. The summed E-state index contributed by atoms with van der Waals surface area (Å²) in [6.07, 6.45) is 5.52. The van der Waals surface area contributed by atoms with Gasteiger partial charge in [-0.3, -0.25) is 9.69 Å². The van der Waals surface area contributed by atoms with Crippen LogP contribution in [-0.2, 0) is 14.3 Å². The third kappa shape index (κ3) is 4.73. The van der Waals surface area contributed by atoms with E-state index in [1.54, 1.807) is 11.1 Å². The van der Waals surface area contributed by atoms with Crippen molar-refractivity contribution < 1.29 is 14.3 Å². The second-order valence-corrected chi connectivity index (χ2v) is 7.12. The molecule has 1 amide bonds. The maximum atomic E-state index is 12.7. The van der Waals surface area contributed by atoms with Gasteiger partial charge in [0.05, 0.1) is 25.4 Å². The zero-order valence-corrected chi connectivity index (χ0v) is 14.5. The fourth-order valence-corrected chi connectivity index (χ4v) is 3.78. The highest BCUT2D eigenvalue weighted by atomic mass is 32.1. The van der Waals surface area contributed by atoms with E-state index >= 15 is 0 Å². The lowest BCUT2D eigenvalue weighted by molar-refractivity contribution is -0.120. The summed E-state index contributed by atoms with van der Waals surface area (Å²) in [5, 5.41) is 2.67. The summed E-state index contributed by atoms with van der Waals surface area (Å²) in [5.74, 6) is 0.118. The van der Waals surface area contributed by atoms with Gasteiger partial charge in [-0.1, -0.05) is 0 Å². The quantitative estimate of drug-likeness (QED) is 0.790. The molecule has 128 valence electrons. The molecule has 2 atom stereocenters. The van der Waals surface area contributed by atoms with Crippen molar-refractivity contribution in [3.8, 4) is 0 Å². The number of aromatic nitrogens is 1. The molecule has 0 bridgehead atoms. The molecular formula is C16H25N3O3S. The molecule has 2 saturated heterocycles. The smallest absolute Gasteiger partial charge is 0.228 e. The van der Waals surface area contributed by atoms with E-state index in [4.69, 9.17) is 9.47 Å². The third-order valence-electron chi connectivity index (χ3n) is 4.38. The summed E-state index contributed by atoms with van der Waals surface area (Å²) in [4.78, 5) is 21.1. The summed E-state index contributed by atoms with van der Waals surface area (Å²) >= 11 is 1.50. The lowest BCUT2D eigenvalue weighted by Crippen LogP contribution is -2.47. The first-order valence-electron chi connectivity index (χ1n) is 8.34. The van der Waals surface area contributed by atoms with Crippen LogP contribution in [0.1, 0.15) is 25.7 Å². The molecular weight excluding hydrogens is 314 g/mol. The molecule has 0 spiro atoms. The maximum absolute atomic E-state index is 12.7. The first-order chi connectivity index (χ1) is 11.2. The van der Waals surface area contributed by atoms with Gasteiger partial charge >= 0.3 is 0 Å². The molecule has 3 rings (SSSR count).